The van der Waals surface area contributed by atoms with Gasteiger partial charge in [0.25, 0.3) is 5.91 Å². The SMILES string of the molecule is CN(C(=O)c1cccnc1N1CCOCC1)c1ccc(O)cc1. The number of carbonyl (C=O) groups excluding carboxylic acids is 1. The van der Waals surface area contributed by atoms with Gasteiger partial charge < -0.3 is 19.6 Å². The zero-order chi connectivity index (χ0) is 16.2. The predicted octanol–water partition coefficient (Wildman–Crippen LogP) is 1.90. The van der Waals surface area contributed by atoms with Crippen LogP contribution in [0.15, 0.2) is 42.6 Å². The highest BCUT2D eigenvalue weighted by atomic mass is 16.5. The van der Waals surface area contributed by atoms with Gasteiger partial charge in [-0.15, -0.1) is 0 Å². The van der Waals surface area contributed by atoms with Gasteiger partial charge in [0.2, 0.25) is 0 Å². The molecule has 0 aliphatic carbocycles. The lowest BCUT2D eigenvalue weighted by molar-refractivity contribution is 0.0990. The van der Waals surface area contributed by atoms with E-state index in [-0.39, 0.29) is 11.7 Å². The van der Waals surface area contributed by atoms with E-state index < -0.39 is 0 Å². The van der Waals surface area contributed by atoms with E-state index in [1.54, 1.807) is 54.5 Å². The maximum Gasteiger partial charge on any atom is 0.261 e. The van der Waals surface area contributed by atoms with E-state index in [1.807, 2.05) is 0 Å². The maximum absolute atomic E-state index is 12.9. The van der Waals surface area contributed by atoms with Gasteiger partial charge in [-0.3, -0.25) is 4.79 Å². The van der Waals surface area contributed by atoms with E-state index in [0.717, 1.165) is 13.1 Å². The average molecular weight is 313 g/mol. The molecule has 1 aliphatic rings. The Bertz CT molecular complexity index is 682. The Balaban J connectivity index is 1.88. The van der Waals surface area contributed by atoms with E-state index in [9.17, 15) is 9.90 Å². The first kappa shape index (κ1) is 15.3. The van der Waals surface area contributed by atoms with Crippen LogP contribution in [0.3, 0.4) is 0 Å². The van der Waals surface area contributed by atoms with Gasteiger partial charge in [0.05, 0.1) is 18.8 Å². The molecule has 1 fully saturated rings. The number of benzene rings is 1. The number of pyridine rings is 1. The Morgan fingerprint density at radius 3 is 2.61 bits per heavy atom. The summed E-state index contributed by atoms with van der Waals surface area (Å²) in [7, 11) is 1.71. The lowest BCUT2D eigenvalue weighted by Crippen LogP contribution is -2.38. The fourth-order valence-electron chi connectivity index (χ4n) is 2.57. The van der Waals surface area contributed by atoms with Crippen molar-refractivity contribution < 1.29 is 14.6 Å². The maximum atomic E-state index is 12.9. The van der Waals surface area contributed by atoms with Crippen molar-refractivity contribution in [2.24, 2.45) is 0 Å². The normalized spacial score (nSPS) is 14.6. The molecule has 6 nitrogen and oxygen atoms in total. The van der Waals surface area contributed by atoms with E-state index >= 15 is 0 Å². The number of carbonyl (C=O) groups is 1. The minimum Gasteiger partial charge on any atom is -0.508 e. The van der Waals surface area contributed by atoms with Crippen LogP contribution in [-0.2, 0) is 4.74 Å². The summed E-state index contributed by atoms with van der Waals surface area (Å²) in [4.78, 5) is 20.9. The molecule has 1 N–H and O–H groups in total. The molecule has 1 aromatic heterocycles. The van der Waals surface area contributed by atoms with Gasteiger partial charge in [0.15, 0.2) is 0 Å². The molecule has 0 atom stereocenters. The number of hydrogen-bond donors (Lipinski definition) is 1. The smallest absolute Gasteiger partial charge is 0.261 e. The Kier molecular flexibility index (Phi) is 4.43. The van der Waals surface area contributed by atoms with Crippen LogP contribution in [0.4, 0.5) is 11.5 Å². The fraction of sp³-hybridized carbons (Fsp3) is 0.294. The van der Waals surface area contributed by atoms with E-state index in [4.69, 9.17) is 4.74 Å². The summed E-state index contributed by atoms with van der Waals surface area (Å²) in [5, 5.41) is 9.38. The molecule has 2 heterocycles. The number of morpholine rings is 1. The molecule has 1 aromatic carbocycles. The molecule has 0 unspecified atom stereocenters. The first-order valence-electron chi connectivity index (χ1n) is 7.51. The molecule has 2 aromatic rings. The second kappa shape index (κ2) is 6.66. The molecule has 120 valence electrons. The summed E-state index contributed by atoms with van der Waals surface area (Å²) >= 11 is 0. The van der Waals surface area contributed by atoms with Crippen molar-refractivity contribution in [3.05, 3.63) is 48.2 Å². The van der Waals surface area contributed by atoms with Gasteiger partial charge >= 0.3 is 0 Å². The van der Waals surface area contributed by atoms with Crippen molar-refractivity contribution in [2.45, 2.75) is 0 Å². The highest BCUT2D eigenvalue weighted by Gasteiger charge is 2.22. The van der Waals surface area contributed by atoms with Crippen LogP contribution in [0.2, 0.25) is 0 Å². The molecule has 0 radical (unpaired) electrons. The first-order chi connectivity index (χ1) is 11.2. The van der Waals surface area contributed by atoms with Gasteiger partial charge in [-0.25, -0.2) is 4.98 Å². The summed E-state index contributed by atoms with van der Waals surface area (Å²) in [6.07, 6.45) is 1.70. The van der Waals surface area contributed by atoms with Crippen LogP contribution < -0.4 is 9.80 Å². The van der Waals surface area contributed by atoms with Crippen LogP contribution in [0.5, 0.6) is 5.75 Å². The zero-order valence-electron chi connectivity index (χ0n) is 13.0. The van der Waals surface area contributed by atoms with Crippen molar-refractivity contribution in [1.29, 1.82) is 0 Å². The summed E-state index contributed by atoms with van der Waals surface area (Å²) in [5.41, 5.74) is 1.27. The number of phenolic OH excluding ortho intramolecular Hbond substituents is 1. The van der Waals surface area contributed by atoms with E-state index in [2.05, 4.69) is 9.88 Å². The molecule has 0 saturated carbocycles. The largest absolute Gasteiger partial charge is 0.508 e. The number of aromatic hydroxyl groups is 1. The van der Waals surface area contributed by atoms with Crippen LogP contribution in [0.25, 0.3) is 0 Å². The summed E-state index contributed by atoms with van der Waals surface area (Å²) in [6, 6.07) is 10.1. The number of ether oxygens (including phenoxy) is 1. The Hall–Kier alpha value is -2.60. The van der Waals surface area contributed by atoms with Crippen LogP contribution in [-0.4, -0.2) is 49.3 Å². The van der Waals surface area contributed by atoms with Crippen LogP contribution in [0.1, 0.15) is 10.4 Å². The molecular weight excluding hydrogens is 294 g/mol. The molecule has 1 aliphatic heterocycles. The fourth-order valence-corrected chi connectivity index (χ4v) is 2.57. The number of nitrogens with zero attached hydrogens (tertiary/aromatic N) is 3. The molecule has 3 rings (SSSR count). The van der Waals surface area contributed by atoms with Crippen molar-refractivity contribution in [2.75, 3.05) is 43.2 Å². The molecule has 6 heteroatoms. The van der Waals surface area contributed by atoms with E-state index in [1.165, 1.54) is 0 Å². The monoisotopic (exact) mass is 313 g/mol. The van der Waals surface area contributed by atoms with Crippen LogP contribution in [0, 0.1) is 0 Å². The second-order valence-corrected chi connectivity index (χ2v) is 5.35. The number of amides is 1. The van der Waals surface area contributed by atoms with Gasteiger partial charge in [0, 0.05) is 32.0 Å². The third-order valence-electron chi connectivity index (χ3n) is 3.87. The molecule has 23 heavy (non-hydrogen) atoms. The number of phenols is 1. The second-order valence-electron chi connectivity index (χ2n) is 5.35. The van der Waals surface area contributed by atoms with Gasteiger partial charge in [0.1, 0.15) is 11.6 Å². The first-order valence-corrected chi connectivity index (χ1v) is 7.51. The molecule has 0 bridgehead atoms. The van der Waals surface area contributed by atoms with Gasteiger partial charge in [-0.1, -0.05) is 0 Å². The highest BCUT2D eigenvalue weighted by Crippen LogP contribution is 2.23. The number of anilines is 2. The Morgan fingerprint density at radius 2 is 1.91 bits per heavy atom. The standard InChI is InChI=1S/C17H19N3O3/c1-19(13-4-6-14(21)7-5-13)17(22)15-3-2-8-18-16(15)20-9-11-23-12-10-20/h2-8,21H,9-12H2,1H3. The quantitative estimate of drug-likeness (QED) is 0.937. The highest BCUT2D eigenvalue weighted by molar-refractivity contribution is 6.08. The van der Waals surface area contributed by atoms with Gasteiger partial charge in [-0.2, -0.15) is 0 Å². The minimum atomic E-state index is -0.134. The molecule has 1 amide bonds. The van der Waals surface area contributed by atoms with Crippen molar-refractivity contribution >= 4 is 17.4 Å². The van der Waals surface area contributed by atoms with Crippen molar-refractivity contribution in [3.63, 3.8) is 0 Å². The number of hydrogen-bond acceptors (Lipinski definition) is 5. The average Bonchev–Trinajstić information content (AvgIpc) is 2.62. The van der Waals surface area contributed by atoms with Crippen LogP contribution >= 0.6 is 0 Å². The minimum absolute atomic E-state index is 0.134. The number of aromatic nitrogens is 1. The summed E-state index contributed by atoms with van der Waals surface area (Å²) in [5.74, 6) is 0.724. The number of rotatable bonds is 3. The zero-order valence-corrected chi connectivity index (χ0v) is 13.0. The molecule has 1 saturated heterocycles. The summed E-state index contributed by atoms with van der Waals surface area (Å²) < 4.78 is 5.36. The topological polar surface area (TPSA) is 65.9 Å². The predicted molar refractivity (Wildman–Crippen MR) is 88.1 cm³/mol. The van der Waals surface area contributed by atoms with Crippen molar-refractivity contribution in [3.8, 4) is 5.75 Å². The molecule has 0 spiro atoms. The third-order valence-corrected chi connectivity index (χ3v) is 3.87. The lowest BCUT2D eigenvalue weighted by Gasteiger charge is -2.30. The van der Waals surface area contributed by atoms with Gasteiger partial charge in [-0.05, 0) is 36.4 Å². The van der Waals surface area contributed by atoms with E-state index in [0.29, 0.717) is 30.3 Å². The lowest BCUT2D eigenvalue weighted by atomic mass is 10.2. The Morgan fingerprint density at radius 1 is 1.22 bits per heavy atom. The van der Waals surface area contributed by atoms with Crippen molar-refractivity contribution in [1.82, 2.24) is 4.98 Å². The Labute approximate surface area is 134 Å². The summed E-state index contributed by atoms with van der Waals surface area (Å²) in [6.45, 7) is 2.72. The molecular formula is C17H19N3O3. The third kappa shape index (κ3) is 3.27.